The van der Waals surface area contributed by atoms with Crippen LogP contribution < -0.4 is 9.64 Å². The molecule has 124 valence electrons. The number of non-ortho nitro benzene ring substituents is 1. The van der Waals surface area contributed by atoms with Gasteiger partial charge in [-0.2, -0.15) is 0 Å². The van der Waals surface area contributed by atoms with Crippen molar-refractivity contribution in [3.8, 4) is 5.75 Å². The summed E-state index contributed by atoms with van der Waals surface area (Å²) in [6, 6.07) is 4.50. The Kier molecular flexibility index (Phi) is 4.09. The number of nitro groups is 1. The molecule has 1 fully saturated rings. The van der Waals surface area contributed by atoms with Crippen molar-refractivity contribution in [2.45, 2.75) is 25.5 Å². The summed E-state index contributed by atoms with van der Waals surface area (Å²) in [5.41, 5.74) is -0.172. The van der Waals surface area contributed by atoms with E-state index < -0.39 is 10.5 Å². The lowest BCUT2D eigenvalue weighted by atomic mass is 10.0. The first-order valence-electron chi connectivity index (χ1n) is 7.69. The summed E-state index contributed by atoms with van der Waals surface area (Å²) in [4.78, 5) is 11.9. The number of aliphatic hydroxyl groups is 1. The van der Waals surface area contributed by atoms with Crippen molar-refractivity contribution in [1.29, 1.82) is 0 Å². The van der Waals surface area contributed by atoms with Gasteiger partial charge in [0, 0.05) is 12.1 Å². The quantitative estimate of drug-likeness (QED) is 0.629. The van der Waals surface area contributed by atoms with Gasteiger partial charge < -0.3 is 19.5 Å². The van der Waals surface area contributed by atoms with Crippen molar-refractivity contribution < 1.29 is 24.4 Å². The topological polar surface area (TPSA) is 86.3 Å². The fourth-order valence-electron chi connectivity index (χ4n) is 3.11. The van der Waals surface area contributed by atoms with Gasteiger partial charge >= 0.3 is 0 Å². The number of hydrogen-bond acceptors (Lipinski definition) is 5. The second-order valence-electron chi connectivity index (χ2n) is 6.49. The van der Waals surface area contributed by atoms with Gasteiger partial charge in [-0.1, -0.05) is 0 Å². The lowest BCUT2D eigenvalue weighted by Crippen LogP contribution is -3.14. The number of ether oxygens (including phenoxy) is 2. The highest BCUT2D eigenvalue weighted by Crippen LogP contribution is 2.40. The predicted molar refractivity (Wildman–Crippen MR) is 82.4 cm³/mol. The van der Waals surface area contributed by atoms with Crippen molar-refractivity contribution in [3.05, 3.63) is 45.7 Å². The van der Waals surface area contributed by atoms with Crippen LogP contribution in [-0.4, -0.2) is 41.9 Å². The first kappa shape index (κ1) is 15.9. The van der Waals surface area contributed by atoms with E-state index in [0.29, 0.717) is 24.7 Å². The van der Waals surface area contributed by atoms with Gasteiger partial charge in [-0.15, -0.1) is 0 Å². The van der Waals surface area contributed by atoms with Gasteiger partial charge in [-0.25, -0.2) is 0 Å². The van der Waals surface area contributed by atoms with Gasteiger partial charge in [-0.3, -0.25) is 10.1 Å². The Bertz CT molecular complexity index is 644. The summed E-state index contributed by atoms with van der Waals surface area (Å²) in [5, 5.41) is 21.2. The number of hydrogen-bond donors (Lipinski definition) is 2. The third-order valence-corrected chi connectivity index (χ3v) is 4.07. The third kappa shape index (κ3) is 3.36. The van der Waals surface area contributed by atoms with Crippen LogP contribution in [0.5, 0.6) is 5.75 Å². The van der Waals surface area contributed by atoms with Crippen LogP contribution in [0.2, 0.25) is 0 Å². The Morgan fingerprint density at radius 1 is 1.39 bits per heavy atom. The van der Waals surface area contributed by atoms with Gasteiger partial charge in [0.25, 0.3) is 5.69 Å². The molecule has 0 saturated carbocycles. The highest BCUT2D eigenvalue weighted by molar-refractivity contribution is 5.51. The fourth-order valence-corrected chi connectivity index (χ4v) is 3.11. The Morgan fingerprint density at radius 3 is 2.70 bits per heavy atom. The molecule has 3 rings (SSSR count). The zero-order valence-corrected chi connectivity index (χ0v) is 13.2. The molecular weight excluding hydrogens is 300 g/mol. The van der Waals surface area contributed by atoms with E-state index in [-0.39, 0.29) is 11.7 Å². The Labute approximate surface area is 134 Å². The molecule has 7 heteroatoms. The zero-order valence-electron chi connectivity index (χ0n) is 13.2. The molecule has 0 bridgehead atoms. The molecule has 0 aliphatic carbocycles. The van der Waals surface area contributed by atoms with Gasteiger partial charge in [0.05, 0.1) is 29.3 Å². The summed E-state index contributed by atoms with van der Waals surface area (Å²) in [6.07, 6.45) is 1.69. The number of fused-ring (bicyclic) bond motifs is 1. The van der Waals surface area contributed by atoms with Gasteiger partial charge in [-0.05, 0) is 26.0 Å². The number of quaternary nitrogens is 1. The highest BCUT2D eigenvalue weighted by atomic mass is 16.6. The van der Waals surface area contributed by atoms with Crippen molar-refractivity contribution in [2.75, 3.05) is 26.3 Å². The van der Waals surface area contributed by atoms with Crippen molar-refractivity contribution in [1.82, 2.24) is 0 Å². The number of morpholine rings is 1. The molecule has 0 radical (unpaired) electrons. The summed E-state index contributed by atoms with van der Waals surface area (Å²) < 4.78 is 11.3. The Hall–Kier alpha value is -1.96. The van der Waals surface area contributed by atoms with E-state index in [1.54, 1.807) is 32.1 Å². The predicted octanol–water partition coefficient (Wildman–Crippen LogP) is 0.598. The van der Waals surface area contributed by atoms with E-state index in [1.807, 2.05) is 0 Å². The van der Waals surface area contributed by atoms with E-state index in [9.17, 15) is 15.2 Å². The van der Waals surface area contributed by atoms with Crippen LogP contribution in [0.3, 0.4) is 0 Å². The molecule has 2 heterocycles. The van der Waals surface area contributed by atoms with Crippen molar-refractivity contribution >= 4 is 5.69 Å². The fraction of sp³-hybridized carbons (Fsp3) is 0.500. The van der Waals surface area contributed by atoms with Crippen LogP contribution in [0.25, 0.3) is 0 Å². The van der Waals surface area contributed by atoms with E-state index in [2.05, 4.69) is 0 Å². The molecule has 1 aromatic rings. The molecule has 23 heavy (non-hydrogen) atoms. The summed E-state index contributed by atoms with van der Waals surface area (Å²) in [6.45, 7) is 6.23. The van der Waals surface area contributed by atoms with Gasteiger partial charge in [0.2, 0.25) is 0 Å². The summed E-state index contributed by atoms with van der Waals surface area (Å²) >= 11 is 0. The number of nitrogens with one attached hydrogen (secondary N) is 1. The van der Waals surface area contributed by atoms with E-state index in [4.69, 9.17) is 9.47 Å². The van der Waals surface area contributed by atoms with Crippen LogP contribution in [0.1, 0.15) is 25.5 Å². The van der Waals surface area contributed by atoms with Crippen molar-refractivity contribution in [3.63, 3.8) is 0 Å². The van der Waals surface area contributed by atoms with Gasteiger partial charge in [0.1, 0.15) is 18.8 Å². The van der Waals surface area contributed by atoms with E-state index in [1.165, 1.54) is 11.0 Å². The molecule has 1 saturated heterocycles. The maximum atomic E-state index is 11.1. The highest BCUT2D eigenvalue weighted by Gasteiger charge is 2.40. The minimum atomic E-state index is -1.02. The largest absolute Gasteiger partial charge is 0.455 e. The first-order valence-corrected chi connectivity index (χ1v) is 7.69. The SMILES string of the molecule is CC(C)(O)C=C1Oc2ccc([N+](=O)[O-])cc2C1[NH+]1CCOCC1. The molecule has 2 N–H and O–H groups in total. The first-order chi connectivity index (χ1) is 10.8. The molecular formula is C16H21N2O5+. The second kappa shape index (κ2) is 5.92. The van der Waals surface area contributed by atoms with Crippen LogP contribution in [0.4, 0.5) is 5.69 Å². The monoisotopic (exact) mass is 321 g/mol. The molecule has 0 spiro atoms. The molecule has 0 amide bonds. The molecule has 1 atom stereocenters. The lowest BCUT2D eigenvalue weighted by molar-refractivity contribution is -0.933. The third-order valence-electron chi connectivity index (χ3n) is 4.07. The minimum absolute atomic E-state index is 0.0505. The smallest absolute Gasteiger partial charge is 0.270 e. The molecule has 1 unspecified atom stereocenters. The molecule has 2 aliphatic heterocycles. The van der Waals surface area contributed by atoms with Crippen LogP contribution in [-0.2, 0) is 4.74 Å². The average molecular weight is 321 g/mol. The number of nitro benzene ring substituents is 1. The summed E-state index contributed by atoms with van der Waals surface area (Å²) in [5.74, 6) is 1.26. The molecule has 2 aliphatic rings. The standard InChI is InChI=1S/C16H20N2O5/c1-16(2,19)10-14-15(17-5-7-22-8-6-17)12-9-11(18(20)21)3-4-13(12)23-14/h3-4,9-10,15,19H,5-8H2,1-2H3/p+1. The van der Waals surface area contributed by atoms with Crippen LogP contribution >= 0.6 is 0 Å². The molecule has 7 nitrogen and oxygen atoms in total. The minimum Gasteiger partial charge on any atom is -0.455 e. The molecule has 1 aromatic carbocycles. The second-order valence-corrected chi connectivity index (χ2v) is 6.49. The molecule has 0 aromatic heterocycles. The maximum absolute atomic E-state index is 11.1. The van der Waals surface area contributed by atoms with Crippen LogP contribution in [0.15, 0.2) is 30.0 Å². The number of nitrogens with zero attached hydrogens (tertiary/aromatic N) is 1. The normalized spacial score (nSPS) is 23.6. The van der Waals surface area contributed by atoms with E-state index >= 15 is 0 Å². The summed E-state index contributed by atoms with van der Waals surface area (Å²) in [7, 11) is 0. The Morgan fingerprint density at radius 2 is 2.09 bits per heavy atom. The van der Waals surface area contributed by atoms with Gasteiger partial charge in [0.15, 0.2) is 11.8 Å². The van der Waals surface area contributed by atoms with E-state index in [0.717, 1.165) is 18.7 Å². The number of rotatable bonds is 3. The maximum Gasteiger partial charge on any atom is 0.270 e. The van der Waals surface area contributed by atoms with Crippen molar-refractivity contribution in [2.24, 2.45) is 0 Å². The Balaban J connectivity index is 2.04. The van der Waals surface area contributed by atoms with Crippen LogP contribution in [0, 0.1) is 10.1 Å². The zero-order chi connectivity index (χ0) is 16.6. The lowest BCUT2D eigenvalue weighted by Gasteiger charge is -2.29. The average Bonchev–Trinajstić information content (AvgIpc) is 2.82. The number of benzene rings is 1.